The number of hydrogen-bond acceptors (Lipinski definition) is 4. The summed E-state index contributed by atoms with van der Waals surface area (Å²) in [5, 5.41) is 16.4. The molecule has 0 amide bonds. The van der Waals surface area contributed by atoms with E-state index in [1.54, 1.807) is 0 Å². The van der Waals surface area contributed by atoms with E-state index in [0.29, 0.717) is 6.54 Å². The summed E-state index contributed by atoms with van der Waals surface area (Å²) in [7, 11) is 0. The van der Waals surface area contributed by atoms with Crippen LogP contribution in [0.25, 0.3) is 0 Å². The molecule has 6 heteroatoms. The van der Waals surface area contributed by atoms with Gasteiger partial charge in [-0.1, -0.05) is 24.3 Å². The monoisotopic (exact) mass is 400 g/mol. The number of aliphatic imine (C=N–C) groups is 1. The number of piperidine rings is 1. The van der Waals surface area contributed by atoms with Crippen LogP contribution >= 0.6 is 11.3 Å². The fourth-order valence-corrected chi connectivity index (χ4v) is 4.18. The molecule has 0 atom stereocenters. The number of aliphatic hydroxyl groups is 1. The molecule has 0 spiro atoms. The standard InChI is InChI=1S/C22H32N4OS/c1-3-23-22(25-15-21-9-4-17(2)28-21)24-14-18-5-7-19(8-6-18)16-26-12-10-20(27)11-13-26/h4-9,20,27H,3,10-16H2,1-2H3,(H2,23,24,25). The lowest BCUT2D eigenvalue weighted by Gasteiger charge is -2.29. The molecule has 0 bridgehead atoms. The number of rotatable bonds is 7. The summed E-state index contributed by atoms with van der Waals surface area (Å²) in [5.74, 6) is 0.851. The van der Waals surface area contributed by atoms with Crippen molar-refractivity contribution in [1.29, 1.82) is 0 Å². The first-order chi connectivity index (χ1) is 13.6. The van der Waals surface area contributed by atoms with Gasteiger partial charge in [0.1, 0.15) is 0 Å². The maximum absolute atomic E-state index is 9.63. The number of benzene rings is 1. The largest absolute Gasteiger partial charge is 0.393 e. The minimum atomic E-state index is -0.111. The van der Waals surface area contributed by atoms with Gasteiger partial charge < -0.3 is 15.7 Å². The van der Waals surface area contributed by atoms with Gasteiger partial charge in [-0.3, -0.25) is 4.90 Å². The van der Waals surface area contributed by atoms with Gasteiger partial charge in [0.15, 0.2) is 5.96 Å². The molecule has 5 nitrogen and oxygen atoms in total. The zero-order chi connectivity index (χ0) is 19.8. The first-order valence-electron chi connectivity index (χ1n) is 10.2. The van der Waals surface area contributed by atoms with Crippen molar-refractivity contribution in [2.45, 2.75) is 52.4 Å². The molecule has 2 aromatic rings. The predicted octanol–water partition coefficient (Wildman–Crippen LogP) is 3.27. The summed E-state index contributed by atoms with van der Waals surface area (Å²) in [6.45, 7) is 9.44. The second-order valence-corrected chi connectivity index (χ2v) is 8.76. The van der Waals surface area contributed by atoms with Crippen LogP contribution in [0.3, 0.4) is 0 Å². The molecule has 1 aromatic carbocycles. The quantitative estimate of drug-likeness (QED) is 0.493. The number of likely N-dealkylation sites (tertiary alicyclic amines) is 1. The van der Waals surface area contributed by atoms with Gasteiger partial charge in [0, 0.05) is 35.9 Å². The van der Waals surface area contributed by atoms with Crippen molar-refractivity contribution in [2.24, 2.45) is 4.99 Å². The summed E-state index contributed by atoms with van der Waals surface area (Å²) in [6.07, 6.45) is 1.66. The third kappa shape index (κ3) is 6.62. The van der Waals surface area contributed by atoms with E-state index in [2.05, 4.69) is 65.8 Å². The van der Waals surface area contributed by atoms with Crippen molar-refractivity contribution < 1.29 is 5.11 Å². The van der Waals surface area contributed by atoms with E-state index in [9.17, 15) is 5.11 Å². The number of hydrogen-bond donors (Lipinski definition) is 3. The van der Waals surface area contributed by atoms with Crippen LogP contribution < -0.4 is 10.6 Å². The molecule has 0 unspecified atom stereocenters. The van der Waals surface area contributed by atoms with Crippen LogP contribution in [0.5, 0.6) is 0 Å². The number of aryl methyl sites for hydroxylation is 1. The Kier molecular flexibility index (Phi) is 7.89. The second kappa shape index (κ2) is 10.6. The molecule has 1 aromatic heterocycles. The van der Waals surface area contributed by atoms with Gasteiger partial charge in [0.05, 0.1) is 19.2 Å². The lowest BCUT2D eigenvalue weighted by molar-refractivity contribution is 0.0792. The average Bonchev–Trinajstić information content (AvgIpc) is 3.12. The van der Waals surface area contributed by atoms with E-state index in [0.717, 1.165) is 51.5 Å². The fraction of sp³-hybridized carbons (Fsp3) is 0.500. The zero-order valence-electron chi connectivity index (χ0n) is 16.9. The fourth-order valence-electron chi connectivity index (χ4n) is 3.35. The minimum absolute atomic E-state index is 0.111. The number of aliphatic hydroxyl groups excluding tert-OH is 1. The van der Waals surface area contributed by atoms with Crippen LogP contribution in [0.2, 0.25) is 0 Å². The van der Waals surface area contributed by atoms with Crippen LogP contribution in [0.15, 0.2) is 41.4 Å². The molecule has 28 heavy (non-hydrogen) atoms. The lowest BCUT2D eigenvalue weighted by atomic mass is 10.1. The number of thiophene rings is 1. The van der Waals surface area contributed by atoms with Gasteiger partial charge >= 0.3 is 0 Å². The van der Waals surface area contributed by atoms with Crippen LogP contribution in [0, 0.1) is 6.92 Å². The summed E-state index contributed by atoms with van der Waals surface area (Å²) in [4.78, 5) is 9.79. The maximum Gasteiger partial charge on any atom is 0.191 e. The Morgan fingerprint density at radius 2 is 1.82 bits per heavy atom. The van der Waals surface area contributed by atoms with Crippen molar-refractivity contribution >= 4 is 17.3 Å². The topological polar surface area (TPSA) is 59.9 Å². The Labute approximate surface area is 172 Å². The maximum atomic E-state index is 9.63. The Hall–Kier alpha value is -1.89. The Bertz CT molecular complexity index is 748. The second-order valence-electron chi connectivity index (χ2n) is 7.38. The summed E-state index contributed by atoms with van der Waals surface area (Å²) in [5.41, 5.74) is 2.53. The summed E-state index contributed by atoms with van der Waals surface area (Å²) >= 11 is 1.81. The Morgan fingerprint density at radius 3 is 2.46 bits per heavy atom. The molecule has 152 valence electrons. The van der Waals surface area contributed by atoms with Crippen molar-refractivity contribution in [2.75, 3.05) is 19.6 Å². The molecular weight excluding hydrogens is 368 g/mol. The van der Waals surface area contributed by atoms with Gasteiger partial charge in [0.25, 0.3) is 0 Å². The molecule has 2 heterocycles. The van der Waals surface area contributed by atoms with E-state index in [-0.39, 0.29) is 6.10 Å². The molecule has 0 aliphatic carbocycles. The molecule has 1 aliphatic heterocycles. The predicted molar refractivity (Wildman–Crippen MR) is 118 cm³/mol. The van der Waals surface area contributed by atoms with E-state index in [1.165, 1.54) is 20.9 Å². The van der Waals surface area contributed by atoms with Crippen LogP contribution in [-0.4, -0.2) is 41.7 Å². The Morgan fingerprint density at radius 1 is 1.11 bits per heavy atom. The van der Waals surface area contributed by atoms with E-state index in [4.69, 9.17) is 4.99 Å². The highest BCUT2D eigenvalue weighted by Crippen LogP contribution is 2.15. The minimum Gasteiger partial charge on any atom is -0.393 e. The first kappa shape index (κ1) is 20.8. The average molecular weight is 401 g/mol. The van der Waals surface area contributed by atoms with Crippen molar-refractivity contribution in [1.82, 2.24) is 15.5 Å². The highest BCUT2D eigenvalue weighted by Gasteiger charge is 2.16. The van der Waals surface area contributed by atoms with Crippen LogP contribution in [0.1, 0.15) is 40.6 Å². The smallest absolute Gasteiger partial charge is 0.191 e. The zero-order valence-corrected chi connectivity index (χ0v) is 17.8. The molecule has 1 fully saturated rings. The third-order valence-corrected chi connectivity index (χ3v) is 5.98. The van der Waals surface area contributed by atoms with E-state index in [1.807, 2.05) is 11.3 Å². The van der Waals surface area contributed by atoms with Gasteiger partial charge in [0.2, 0.25) is 0 Å². The highest BCUT2D eigenvalue weighted by atomic mass is 32.1. The molecule has 3 rings (SSSR count). The number of nitrogens with zero attached hydrogens (tertiary/aromatic N) is 2. The normalized spacial score (nSPS) is 16.3. The van der Waals surface area contributed by atoms with E-state index >= 15 is 0 Å². The van der Waals surface area contributed by atoms with Crippen LogP contribution in [0.4, 0.5) is 0 Å². The van der Waals surface area contributed by atoms with Gasteiger partial charge in [-0.2, -0.15) is 0 Å². The molecule has 3 N–H and O–H groups in total. The van der Waals surface area contributed by atoms with Crippen molar-refractivity contribution in [3.63, 3.8) is 0 Å². The van der Waals surface area contributed by atoms with Gasteiger partial charge in [-0.15, -0.1) is 11.3 Å². The SMILES string of the molecule is CCNC(=NCc1ccc(CN2CCC(O)CC2)cc1)NCc1ccc(C)s1. The van der Waals surface area contributed by atoms with Crippen molar-refractivity contribution in [3.05, 3.63) is 57.3 Å². The number of nitrogens with one attached hydrogen (secondary N) is 2. The summed E-state index contributed by atoms with van der Waals surface area (Å²) in [6, 6.07) is 13.1. The Balaban J connectivity index is 1.50. The first-order valence-corrected chi connectivity index (χ1v) is 11.0. The van der Waals surface area contributed by atoms with Gasteiger partial charge in [-0.05, 0) is 49.9 Å². The molecule has 0 saturated carbocycles. The van der Waals surface area contributed by atoms with Gasteiger partial charge in [-0.25, -0.2) is 4.99 Å². The summed E-state index contributed by atoms with van der Waals surface area (Å²) < 4.78 is 0. The van der Waals surface area contributed by atoms with Crippen LogP contribution in [-0.2, 0) is 19.6 Å². The number of guanidine groups is 1. The third-order valence-electron chi connectivity index (χ3n) is 4.98. The molecular formula is C22H32N4OS. The molecule has 0 radical (unpaired) electrons. The van der Waals surface area contributed by atoms with Crippen molar-refractivity contribution in [3.8, 4) is 0 Å². The van der Waals surface area contributed by atoms with E-state index < -0.39 is 0 Å². The molecule has 1 saturated heterocycles. The highest BCUT2D eigenvalue weighted by molar-refractivity contribution is 7.11. The molecule has 1 aliphatic rings. The lowest BCUT2D eigenvalue weighted by Crippen LogP contribution is -2.36.